The molecule has 0 atom stereocenters. The first-order chi connectivity index (χ1) is 13.3. The van der Waals surface area contributed by atoms with Gasteiger partial charge in [0.25, 0.3) is 0 Å². The van der Waals surface area contributed by atoms with Crippen molar-refractivity contribution in [3.05, 3.63) is 48.0 Å². The number of aromatic nitrogens is 3. The van der Waals surface area contributed by atoms with E-state index in [-0.39, 0.29) is 5.03 Å². The number of hydrogen-bond donors (Lipinski definition) is 0. The number of sulfone groups is 1. The third kappa shape index (κ3) is 4.28. The van der Waals surface area contributed by atoms with E-state index in [1.165, 1.54) is 12.3 Å². The summed E-state index contributed by atoms with van der Waals surface area (Å²) < 4.78 is 36.3. The van der Waals surface area contributed by atoms with Gasteiger partial charge in [-0.1, -0.05) is 11.6 Å². The van der Waals surface area contributed by atoms with E-state index in [4.69, 9.17) is 21.1 Å². The predicted octanol–water partition coefficient (Wildman–Crippen LogP) is 3.79. The molecular formula is C19H20ClN3O4S. The Morgan fingerprint density at radius 2 is 1.68 bits per heavy atom. The maximum atomic E-state index is 11.6. The highest BCUT2D eigenvalue weighted by atomic mass is 35.5. The molecule has 0 saturated heterocycles. The molecular weight excluding hydrogens is 402 g/mol. The van der Waals surface area contributed by atoms with Crippen LogP contribution in [0.5, 0.6) is 11.5 Å². The van der Waals surface area contributed by atoms with Gasteiger partial charge in [0.15, 0.2) is 20.0 Å². The van der Waals surface area contributed by atoms with Gasteiger partial charge in [-0.3, -0.25) is 4.57 Å². The molecule has 0 N–H and O–H groups in total. The van der Waals surface area contributed by atoms with Crippen LogP contribution in [-0.2, 0) is 9.84 Å². The van der Waals surface area contributed by atoms with Gasteiger partial charge >= 0.3 is 0 Å². The molecule has 2 heterocycles. The Morgan fingerprint density at radius 3 is 2.18 bits per heavy atom. The lowest BCUT2D eigenvalue weighted by molar-refractivity contribution is 0.323. The molecule has 1 aromatic carbocycles. The fraction of sp³-hybridized carbons (Fsp3) is 0.263. The molecule has 3 rings (SSSR count). The Bertz CT molecular complexity index is 1050. The van der Waals surface area contributed by atoms with Crippen molar-refractivity contribution in [1.29, 1.82) is 0 Å². The van der Waals surface area contributed by atoms with E-state index in [9.17, 15) is 8.42 Å². The van der Waals surface area contributed by atoms with Crippen LogP contribution < -0.4 is 9.47 Å². The lowest BCUT2D eigenvalue weighted by atomic mass is 10.1. The van der Waals surface area contributed by atoms with Crippen molar-refractivity contribution in [1.82, 2.24) is 14.5 Å². The predicted molar refractivity (Wildman–Crippen MR) is 107 cm³/mol. The molecule has 2 aromatic heterocycles. The number of benzene rings is 1. The number of nitrogens with zero attached hydrogens (tertiary/aromatic N) is 3. The van der Waals surface area contributed by atoms with Crippen LogP contribution in [0.1, 0.15) is 13.8 Å². The average Bonchev–Trinajstić information content (AvgIpc) is 3.03. The molecule has 28 heavy (non-hydrogen) atoms. The second-order valence-electron chi connectivity index (χ2n) is 5.94. The summed E-state index contributed by atoms with van der Waals surface area (Å²) in [4.78, 5) is 8.23. The van der Waals surface area contributed by atoms with Crippen molar-refractivity contribution in [3.8, 4) is 28.4 Å². The number of rotatable bonds is 7. The maximum Gasteiger partial charge on any atom is 0.192 e. The van der Waals surface area contributed by atoms with Crippen LogP contribution in [0.3, 0.4) is 0 Å². The molecule has 9 heteroatoms. The Morgan fingerprint density at radius 1 is 1.04 bits per heavy atom. The first kappa shape index (κ1) is 20.2. The molecule has 0 radical (unpaired) electrons. The topological polar surface area (TPSA) is 83.3 Å². The zero-order chi connectivity index (χ0) is 20.3. The lowest BCUT2D eigenvalue weighted by Gasteiger charge is -2.13. The number of pyridine rings is 1. The smallest absolute Gasteiger partial charge is 0.192 e. The van der Waals surface area contributed by atoms with Gasteiger partial charge in [-0.2, -0.15) is 0 Å². The van der Waals surface area contributed by atoms with Crippen LogP contribution in [0.2, 0.25) is 5.15 Å². The van der Waals surface area contributed by atoms with Crippen molar-refractivity contribution in [2.24, 2.45) is 0 Å². The summed E-state index contributed by atoms with van der Waals surface area (Å²) in [7, 11) is -3.38. The average molecular weight is 422 g/mol. The van der Waals surface area contributed by atoms with E-state index >= 15 is 0 Å². The zero-order valence-electron chi connectivity index (χ0n) is 15.7. The molecule has 0 aliphatic rings. The van der Waals surface area contributed by atoms with Gasteiger partial charge in [0.1, 0.15) is 17.8 Å². The van der Waals surface area contributed by atoms with Crippen LogP contribution in [0.15, 0.2) is 47.9 Å². The van der Waals surface area contributed by atoms with E-state index in [0.717, 1.165) is 11.8 Å². The highest BCUT2D eigenvalue weighted by Gasteiger charge is 2.17. The fourth-order valence-corrected chi connectivity index (χ4v) is 3.53. The van der Waals surface area contributed by atoms with E-state index < -0.39 is 9.84 Å². The Hall–Kier alpha value is -2.58. The highest BCUT2D eigenvalue weighted by Crippen LogP contribution is 2.35. The zero-order valence-corrected chi connectivity index (χ0v) is 17.3. The van der Waals surface area contributed by atoms with Gasteiger partial charge in [0.2, 0.25) is 0 Å². The summed E-state index contributed by atoms with van der Waals surface area (Å²) in [5.41, 5.74) is 2.00. The molecule has 0 aliphatic heterocycles. The quantitative estimate of drug-likeness (QED) is 0.577. The third-order valence-electron chi connectivity index (χ3n) is 3.88. The Labute approximate surface area is 168 Å². The molecule has 0 amide bonds. The van der Waals surface area contributed by atoms with Gasteiger partial charge in [-0.15, -0.1) is 0 Å². The van der Waals surface area contributed by atoms with Crippen LogP contribution >= 0.6 is 11.6 Å². The second kappa shape index (κ2) is 8.20. The largest absolute Gasteiger partial charge is 0.494 e. The van der Waals surface area contributed by atoms with Crippen molar-refractivity contribution in [3.63, 3.8) is 0 Å². The second-order valence-corrected chi connectivity index (χ2v) is 8.26. The molecule has 7 nitrogen and oxygen atoms in total. The summed E-state index contributed by atoms with van der Waals surface area (Å²) in [6.45, 7) is 4.83. The maximum absolute atomic E-state index is 11.6. The number of ether oxygens (including phenoxy) is 2. The third-order valence-corrected chi connectivity index (χ3v) is 5.16. The molecule has 0 unspecified atom stereocenters. The molecule has 0 saturated carbocycles. The molecule has 0 aliphatic carbocycles. The van der Waals surface area contributed by atoms with Gasteiger partial charge in [0, 0.05) is 17.9 Å². The summed E-state index contributed by atoms with van der Waals surface area (Å²) >= 11 is 6.36. The molecule has 148 valence electrons. The monoisotopic (exact) mass is 421 g/mol. The lowest BCUT2D eigenvalue weighted by Crippen LogP contribution is -2.03. The van der Waals surface area contributed by atoms with Crippen molar-refractivity contribution in [2.75, 3.05) is 19.5 Å². The van der Waals surface area contributed by atoms with Crippen molar-refractivity contribution >= 4 is 21.4 Å². The Kier molecular flexibility index (Phi) is 5.90. The number of imidazole rings is 1. The van der Waals surface area contributed by atoms with Gasteiger partial charge in [0.05, 0.1) is 30.8 Å². The van der Waals surface area contributed by atoms with Crippen LogP contribution in [-0.4, -0.2) is 42.4 Å². The number of halogens is 1. The first-order valence-corrected chi connectivity index (χ1v) is 10.9. The van der Waals surface area contributed by atoms with Gasteiger partial charge < -0.3 is 9.47 Å². The summed E-state index contributed by atoms with van der Waals surface area (Å²) in [6.07, 6.45) is 4.14. The molecule has 3 aromatic rings. The first-order valence-electron chi connectivity index (χ1n) is 8.63. The van der Waals surface area contributed by atoms with Crippen LogP contribution in [0.4, 0.5) is 0 Å². The highest BCUT2D eigenvalue weighted by molar-refractivity contribution is 7.90. The van der Waals surface area contributed by atoms with Crippen molar-refractivity contribution < 1.29 is 17.9 Å². The van der Waals surface area contributed by atoms with Crippen LogP contribution in [0.25, 0.3) is 16.9 Å². The minimum Gasteiger partial charge on any atom is -0.494 e. The normalized spacial score (nSPS) is 11.4. The van der Waals surface area contributed by atoms with E-state index in [0.29, 0.717) is 41.2 Å². The minimum atomic E-state index is -3.38. The number of hydrogen-bond acceptors (Lipinski definition) is 6. The van der Waals surface area contributed by atoms with Gasteiger partial charge in [-0.05, 0) is 38.1 Å². The van der Waals surface area contributed by atoms with Crippen LogP contribution in [0, 0.1) is 0 Å². The van der Waals surface area contributed by atoms with E-state index in [1.54, 1.807) is 17.0 Å². The molecule has 0 fully saturated rings. The standard InChI is InChI=1S/C19H20ClN3O4S/c1-4-26-15-8-13(9-16(10-15)27-5-2)18-19(20)22-12-23(18)14-6-7-17(21-11-14)28(3,24)25/h6-12H,4-5H2,1-3H3. The SMILES string of the molecule is CCOc1cc(OCC)cc(-c2c(Cl)ncn2-c2ccc(S(C)(=O)=O)nc2)c1. The van der Waals surface area contributed by atoms with E-state index in [2.05, 4.69) is 9.97 Å². The molecule has 0 bridgehead atoms. The summed E-state index contributed by atoms with van der Waals surface area (Å²) in [6, 6.07) is 8.62. The minimum absolute atomic E-state index is 0.000914. The van der Waals surface area contributed by atoms with Crippen molar-refractivity contribution in [2.45, 2.75) is 18.9 Å². The van der Waals surface area contributed by atoms with E-state index in [1.807, 2.05) is 32.0 Å². The molecule has 0 spiro atoms. The van der Waals surface area contributed by atoms with Gasteiger partial charge in [-0.25, -0.2) is 18.4 Å². The fourth-order valence-electron chi connectivity index (χ4n) is 2.72. The summed E-state index contributed by atoms with van der Waals surface area (Å²) in [5, 5.41) is 0.296. The summed E-state index contributed by atoms with van der Waals surface area (Å²) in [5.74, 6) is 1.30. The Balaban J connectivity index is 2.11.